The molecule has 0 fully saturated rings. The first-order chi connectivity index (χ1) is 21.8. The maximum absolute atomic E-state index is 6.53. The number of imidazole rings is 1. The molecule has 0 saturated heterocycles. The number of fused-ring (bicyclic) bond motifs is 12. The normalized spacial score (nSPS) is 12.1. The van der Waals surface area contributed by atoms with E-state index in [1.165, 1.54) is 43.1 Å². The fourth-order valence-electron chi connectivity index (χ4n) is 7.19. The van der Waals surface area contributed by atoms with Gasteiger partial charge in [0, 0.05) is 27.4 Å². The van der Waals surface area contributed by atoms with E-state index >= 15 is 0 Å². The lowest BCUT2D eigenvalue weighted by molar-refractivity contribution is 0.669. The van der Waals surface area contributed by atoms with Gasteiger partial charge in [-0.1, -0.05) is 78.9 Å². The molecule has 3 heteroatoms. The predicted octanol–water partition coefficient (Wildman–Crippen LogP) is 11.2. The highest BCUT2D eigenvalue weighted by Crippen LogP contribution is 2.44. The minimum atomic E-state index is 0.876. The van der Waals surface area contributed by atoms with Crippen LogP contribution < -0.4 is 0 Å². The van der Waals surface area contributed by atoms with Crippen LogP contribution in [0.15, 0.2) is 150 Å². The van der Waals surface area contributed by atoms with Gasteiger partial charge in [-0.15, -0.1) is 0 Å². The van der Waals surface area contributed by atoms with Crippen LogP contribution in [0.1, 0.15) is 0 Å². The average Bonchev–Trinajstić information content (AvgIpc) is 3.66. The van der Waals surface area contributed by atoms with Crippen LogP contribution in [-0.2, 0) is 0 Å². The third-order valence-corrected chi connectivity index (χ3v) is 9.13. The predicted molar refractivity (Wildman–Crippen MR) is 184 cm³/mol. The molecular weight excluding hydrogens is 536 g/mol. The minimum Gasteiger partial charge on any atom is -0.456 e. The van der Waals surface area contributed by atoms with Gasteiger partial charge in [0.1, 0.15) is 17.0 Å². The van der Waals surface area contributed by atoms with Crippen LogP contribution in [0.4, 0.5) is 0 Å². The largest absolute Gasteiger partial charge is 0.456 e. The molecule has 0 atom stereocenters. The lowest BCUT2D eigenvalue weighted by Gasteiger charge is -2.13. The Labute approximate surface area is 252 Å². The molecule has 0 radical (unpaired) electrons. The highest BCUT2D eigenvalue weighted by atomic mass is 16.3. The Bertz CT molecular complexity index is 2770. The van der Waals surface area contributed by atoms with Crippen LogP contribution in [0.25, 0.3) is 93.1 Å². The van der Waals surface area contributed by atoms with Crippen LogP contribution in [0.2, 0.25) is 0 Å². The molecule has 8 aromatic carbocycles. The van der Waals surface area contributed by atoms with Crippen LogP contribution in [0.5, 0.6) is 0 Å². The van der Waals surface area contributed by atoms with E-state index in [0.717, 1.165) is 50.0 Å². The molecule has 44 heavy (non-hydrogen) atoms. The lowest BCUT2D eigenvalue weighted by Crippen LogP contribution is -1.97. The maximum atomic E-state index is 6.53. The van der Waals surface area contributed by atoms with Crippen molar-refractivity contribution in [3.63, 3.8) is 0 Å². The van der Waals surface area contributed by atoms with Crippen molar-refractivity contribution in [2.45, 2.75) is 0 Å². The van der Waals surface area contributed by atoms with Crippen molar-refractivity contribution in [3.05, 3.63) is 146 Å². The van der Waals surface area contributed by atoms with Crippen molar-refractivity contribution < 1.29 is 4.42 Å². The molecule has 3 nitrogen and oxygen atoms in total. The van der Waals surface area contributed by atoms with Gasteiger partial charge in [0.05, 0.1) is 11.0 Å². The molecule has 10 aromatic rings. The van der Waals surface area contributed by atoms with E-state index in [1.807, 2.05) is 12.1 Å². The summed E-state index contributed by atoms with van der Waals surface area (Å²) < 4.78 is 8.78. The van der Waals surface area contributed by atoms with E-state index in [-0.39, 0.29) is 0 Å². The lowest BCUT2D eigenvalue weighted by atomic mass is 9.90. The summed E-state index contributed by atoms with van der Waals surface area (Å²) in [6.45, 7) is 0. The molecule has 0 amide bonds. The van der Waals surface area contributed by atoms with Crippen molar-refractivity contribution in [1.29, 1.82) is 0 Å². The summed E-state index contributed by atoms with van der Waals surface area (Å²) in [5.41, 5.74) is 5.96. The SMILES string of the molecule is c1ccc(-n2c(-c3ccc4oc5ccc6c7cc8ccccc8cc7c7ccccc7c6c5c4c3)nc3ccccc32)cc1. The van der Waals surface area contributed by atoms with Gasteiger partial charge in [0.25, 0.3) is 0 Å². The first-order valence-electron chi connectivity index (χ1n) is 15.0. The Morgan fingerprint density at radius 2 is 1.11 bits per heavy atom. The Kier molecular flexibility index (Phi) is 4.72. The molecule has 10 rings (SSSR count). The van der Waals surface area contributed by atoms with Gasteiger partial charge in [-0.25, -0.2) is 4.98 Å². The van der Waals surface area contributed by atoms with E-state index in [9.17, 15) is 0 Å². The smallest absolute Gasteiger partial charge is 0.145 e. The molecule has 0 aliphatic heterocycles. The molecule has 2 aromatic heterocycles. The summed E-state index contributed by atoms with van der Waals surface area (Å²) >= 11 is 0. The molecule has 0 spiro atoms. The zero-order valence-corrected chi connectivity index (χ0v) is 23.7. The van der Waals surface area contributed by atoms with Gasteiger partial charge in [-0.05, 0) is 104 Å². The summed E-state index contributed by atoms with van der Waals surface area (Å²) in [5, 5.41) is 12.2. The summed E-state index contributed by atoms with van der Waals surface area (Å²) in [4.78, 5) is 5.15. The maximum Gasteiger partial charge on any atom is 0.145 e. The third-order valence-electron chi connectivity index (χ3n) is 9.13. The van der Waals surface area contributed by atoms with E-state index in [0.29, 0.717) is 0 Å². The Morgan fingerprint density at radius 1 is 0.455 bits per heavy atom. The van der Waals surface area contributed by atoms with E-state index < -0.39 is 0 Å². The average molecular weight is 561 g/mol. The molecule has 0 bridgehead atoms. The highest BCUT2D eigenvalue weighted by molar-refractivity contribution is 6.35. The van der Waals surface area contributed by atoms with Gasteiger partial charge >= 0.3 is 0 Å². The molecule has 0 aliphatic rings. The second-order valence-corrected chi connectivity index (χ2v) is 11.6. The summed E-state index contributed by atoms with van der Waals surface area (Å²) in [6.07, 6.45) is 0. The number of furan rings is 1. The summed E-state index contributed by atoms with van der Waals surface area (Å²) in [5.74, 6) is 0.913. The van der Waals surface area contributed by atoms with Gasteiger partial charge in [-0.3, -0.25) is 4.57 Å². The topological polar surface area (TPSA) is 31.0 Å². The fraction of sp³-hybridized carbons (Fsp3) is 0. The quantitative estimate of drug-likeness (QED) is 0.156. The number of benzene rings is 8. The van der Waals surface area contributed by atoms with Gasteiger partial charge < -0.3 is 4.42 Å². The minimum absolute atomic E-state index is 0.876. The number of para-hydroxylation sites is 3. The van der Waals surface area contributed by atoms with Gasteiger partial charge in [-0.2, -0.15) is 0 Å². The number of aromatic nitrogens is 2. The van der Waals surface area contributed by atoms with Gasteiger partial charge in [0.2, 0.25) is 0 Å². The zero-order valence-electron chi connectivity index (χ0n) is 23.7. The van der Waals surface area contributed by atoms with E-state index in [4.69, 9.17) is 9.40 Å². The molecule has 0 unspecified atom stereocenters. The number of rotatable bonds is 2. The first kappa shape index (κ1) is 23.6. The van der Waals surface area contributed by atoms with Gasteiger partial charge in [0.15, 0.2) is 0 Å². The summed E-state index contributed by atoms with van der Waals surface area (Å²) in [7, 11) is 0. The molecule has 0 saturated carbocycles. The first-order valence-corrected chi connectivity index (χ1v) is 15.0. The monoisotopic (exact) mass is 560 g/mol. The van der Waals surface area contributed by atoms with E-state index in [1.54, 1.807) is 0 Å². The number of hydrogen-bond acceptors (Lipinski definition) is 2. The summed E-state index contributed by atoms with van der Waals surface area (Å²) in [6, 6.07) is 51.8. The van der Waals surface area contributed by atoms with Crippen LogP contribution in [-0.4, -0.2) is 9.55 Å². The second kappa shape index (κ2) is 8.79. The molecule has 0 aliphatic carbocycles. The second-order valence-electron chi connectivity index (χ2n) is 11.6. The van der Waals surface area contributed by atoms with Crippen molar-refractivity contribution >= 4 is 76.1 Å². The van der Waals surface area contributed by atoms with Crippen molar-refractivity contribution in [2.24, 2.45) is 0 Å². The standard InChI is InChI=1S/C41H24N2O/c1-2-12-28(13-3-1)43-36-17-9-8-16-35(36)42-41(43)27-18-20-37-34(24-27)40-38(44-37)21-19-31-33-23-26-11-5-4-10-25(26)22-32(33)29-14-6-7-15-30(29)39(31)40/h1-24H. The van der Waals surface area contributed by atoms with Crippen molar-refractivity contribution in [1.82, 2.24) is 9.55 Å². The Hall–Kier alpha value is -5.93. The Morgan fingerprint density at radius 3 is 1.95 bits per heavy atom. The van der Waals surface area contributed by atoms with E-state index in [2.05, 4.69) is 138 Å². The molecular formula is C41H24N2O. The van der Waals surface area contributed by atoms with Crippen molar-refractivity contribution in [2.75, 3.05) is 0 Å². The Balaban J connectivity index is 1.34. The van der Waals surface area contributed by atoms with Crippen LogP contribution in [0, 0.1) is 0 Å². The van der Waals surface area contributed by atoms with Crippen LogP contribution >= 0.6 is 0 Å². The number of hydrogen-bond donors (Lipinski definition) is 0. The third kappa shape index (κ3) is 3.24. The van der Waals surface area contributed by atoms with Crippen molar-refractivity contribution in [3.8, 4) is 17.1 Å². The van der Waals surface area contributed by atoms with Crippen LogP contribution in [0.3, 0.4) is 0 Å². The number of nitrogens with zero attached hydrogens (tertiary/aromatic N) is 2. The molecule has 204 valence electrons. The molecule has 2 heterocycles. The fourth-order valence-corrected chi connectivity index (χ4v) is 7.19. The molecule has 0 N–H and O–H groups in total. The zero-order chi connectivity index (χ0) is 28.8. The highest BCUT2D eigenvalue weighted by Gasteiger charge is 2.19.